The van der Waals surface area contributed by atoms with E-state index in [9.17, 15) is 13.2 Å². The van der Waals surface area contributed by atoms with Crippen LogP contribution in [-0.4, -0.2) is 37.2 Å². The molecule has 0 aliphatic rings. The smallest absolute Gasteiger partial charge is 0.264 e. The number of carbonyl (C=O) groups is 1. The summed E-state index contributed by atoms with van der Waals surface area (Å²) in [7, 11) is -3.94. The van der Waals surface area contributed by atoms with Crippen molar-refractivity contribution in [3.05, 3.63) is 0 Å². The molecule has 90 valence electrons. The molecule has 1 amide bonds. The van der Waals surface area contributed by atoms with Gasteiger partial charge in [0.1, 0.15) is 0 Å². The van der Waals surface area contributed by atoms with Crippen LogP contribution in [-0.2, 0) is 14.9 Å². The Morgan fingerprint density at radius 2 is 2.00 bits per heavy atom. The van der Waals surface area contributed by atoms with Crippen molar-refractivity contribution in [3.63, 3.8) is 0 Å². The highest BCUT2D eigenvalue weighted by atomic mass is 32.2. The fraction of sp³-hybridized carbons (Fsp3) is 0.875. The monoisotopic (exact) mass is 238 g/mol. The molecule has 0 aromatic heterocycles. The summed E-state index contributed by atoms with van der Waals surface area (Å²) < 4.78 is 29.1. The van der Waals surface area contributed by atoms with Crippen molar-refractivity contribution in [1.29, 1.82) is 0 Å². The van der Waals surface area contributed by atoms with Crippen molar-refractivity contribution in [2.24, 2.45) is 11.7 Å². The van der Waals surface area contributed by atoms with Gasteiger partial charge in [-0.25, -0.2) is 0 Å². The van der Waals surface area contributed by atoms with Gasteiger partial charge in [-0.3, -0.25) is 9.35 Å². The largest absolute Gasteiger partial charge is 0.355 e. The Morgan fingerprint density at radius 3 is 2.40 bits per heavy atom. The Morgan fingerprint density at radius 1 is 1.47 bits per heavy atom. The zero-order valence-electron chi connectivity index (χ0n) is 8.93. The van der Waals surface area contributed by atoms with Crippen LogP contribution in [0.4, 0.5) is 0 Å². The minimum Gasteiger partial charge on any atom is -0.355 e. The van der Waals surface area contributed by atoms with Gasteiger partial charge in [-0.1, -0.05) is 13.8 Å². The van der Waals surface area contributed by atoms with E-state index in [0.29, 0.717) is 0 Å². The summed E-state index contributed by atoms with van der Waals surface area (Å²) >= 11 is 0. The third-order valence-electron chi connectivity index (χ3n) is 1.90. The molecule has 0 heterocycles. The van der Waals surface area contributed by atoms with Crippen molar-refractivity contribution >= 4 is 16.0 Å². The molecule has 0 aromatic rings. The number of carbonyl (C=O) groups excluding carboxylic acids is 1. The van der Waals surface area contributed by atoms with Gasteiger partial charge in [-0.2, -0.15) is 8.42 Å². The predicted octanol–water partition coefficient (Wildman–Crippen LogP) is -0.636. The third kappa shape index (κ3) is 7.29. The van der Waals surface area contributed by atoms with Gasteiger partial charge in [0, 0.05) is 6.54 Å². The second-order valence-electron chi connectivity index (χ2n) is 3.70. The quantitative estimate of drug-likeness (QED) is 0.421. The molecular weight excluding hydrogens is 220 g/mol. The lowest BCUT2D eigenvalue weighted by Crippen LogP contribution is -2.44. The first-order valence-electron chi connectivity index (χ1n) is 4.72. The lowest BCUT2D eigenvalue weighted by atomic mass is 10.1. The van der Waals surface area contributed by atoms with E-state index < -0.39 is 16.2 Å². The van der Waals surface area contributed by atoms with E-state index in [0.717, 1.165) is 0 Å². The van der Waals surface area contributed by atoms with Gasteiger partial charge < -0.3 is 11.1 Å². The van der Waals surface area contributed by atoms with Crippen LogP contribution in [0.3, 0.4) is 0 Å². The van der Waals surface area contributed by atoms with Crippen LogP contribution in [0, 0.1) is 5.92 Å². The number of hydrogen-bond donors (Lipinski definition) is 3. The fourth-order valence-electron chi connectivity index (χ4n) is 0.887. The number of nitrogens with two attached hydrogens (primary N) is 1. The first-order chi connectivity index (χ1) is 6.74. The van der Waals surface area contributed by atoms with Crippen LogP contribution in [0.1, 0.15) is 20.3 Å². The Bertz CT molecular complexity index is 300. The molecule has 0 aliphatic carbocycles. The minimum absolute atomic E-state index is 0.0339. The summed E-state index contributed by atoms with van der Waals surface area (Å²) in [5.74, 6) is -0.628. The maximum absolute atomic E-state index is 11.3. The Balaban J connectivity index is 3.74. The first kappa shape index (κ1) is 14.3. The van der Waals surface area contributed by atoms with Gasteiger partial charge in [0.2, 0.25) is 5.91 Å². The molecule has 7 heteroatoms. The van der Waals surface area contributed by atoms with Gasteiger partial charge in [0.15, 0.2) is 0 Å². The summed E-state index contributed by atoms with van der Waals surface area (Å²) in [6, 6.07) is -0.587. The topological polar surface area (TPSA) is 109 Å². The van der Waals surface area contributed by atoms with Crippen LogP contribution in [0.25, 0.3) is 0 Å². The maximum atomic E-state index is 11.3. The van der Waals surface area contributed by atoms with Crippen LogP contribution < -0.4 is 11.1 Å². The predicted molar refractivity (Wildman–Crippen MR) is 56.9 cm³/mol. The first-order valence-corrected chi connectivity index (χ1v) is 6.33. The minimum atomic E-state index is -3.94. The lowest BCUT2D eigenvalue weighted by molar-refractivity contribution is -0.123. The Hall–Kier alpha value is -0.660. The zero-order valence-corrected chi connectivity index (χ0v) is 9.75. The number of nitrogens with one attached hydrogen (secondary N) is 1. The van der Waals surface area contributed by atoms with Gasteiger partial charge in [0.25, 0.3) is 10.1 Å². The summed E-state index contributed by atoms with van der Waals surface area (Å²) in [4.78, 5) is 11.3. The average Bonchev–Trinajstić information content (AvgIpc) is 2.09. The summed E-state index contributed by atoms with van der Waals surface area (Å²) in [6.45, 7) is 3.84. The van der Waals surface area contributed by atoms with Crippen LogP contribution in [0.5, 0.6) is 0 Å². The van der Waals surface area contributed by atoms with E-state index in [1.165, 1.54) is 0 Å². The summed E-state index contributed by atoms with van der Waals surface area (Å²) in [5, 5.41) is 2.50. The van der Waals surface area contributed by atoms with Gasteiger partial charge in [0.05, 0.1) is 11.8 Å². The van der Waals surface area contributed by atoms with Crippen molar-refractivity contribution in [3.8, 4) is 0 Å². The van der Waals surface area contributed by atoms with Gasteiger partial charge in [-0.05, 0) is 12.3 Å². The normalized spacial score (nSPS) is 13.9. The molecular formula is C8H18N2O4S. The van der Waals surface area contributed by atoms with E-state index in [4.69, 9.17) is 10.3 Å². The van der Waals surface area contributed by atoms with Gasteiger partial charge >= 0.3 is 0 Å². The number of hydrogen-bond acceptors (Lipinski definition) is 4. The molecule has 1 unspecified atom stereocenters. The molecule has 0 spiro atoms. The molecule has 4 N–H and O–H groups in total. The van der Waals surface area contributed by atoms with E-state index in [1.807, 2.05) is 13.8 Å². The molecule has 0 saturated carbocycles. The highest BCUT2D eigenvalue weighted by molar-refractivity contribution is 7.85. The molecule has 0 saturated heterocycles. The second kappa shape index (κ2) is 6.04. The molecule has 0 rings (SSSR count). The fourth-order valence-corrected chi connectivity index (χ4v) is 1.40. The zero-order chi connectivity index (χ0) is 12.1. The molecule has 0 fully saturated rings. The van der Waals surface area contributed by atoms with E-state index in [2.05, 4.69) is 5.32 Å². The number of amides is 1. The molecule has 0 aliphatic heterocycles. The SMILES string of the molecule is CC(C)C(N)C(=O)NCCCS(=O)(=O)O. The molecule has 0 bridgehead atoms. The van der Waals surface area contributed by atoms with Crippen molar-refractivity contribution in [1.82, 2.24) is 5.32 Å². The average molecular weight is 238 g/mol. The van der Waals surface area contributed by atoms with E-state index in [-0.39, 0.29) is 30.5 Å². The Labute approximate surface area is 90.0 Å². The summed E-state index contributed by atoms with van der Waals surface area (Å²) in [6.07, 6.45) is 0.176. The molecule has 1 atom stereocenters. The third-order valence-corrected chi connectivity index (χ3v) is 2.70. The highest BCUT2D eigenvalue weighted by Gasteiger charge is 2.16. The maximum Gasteiger partial charge on any atom is 0.264 e. The van der Waals surface area contributed by atoms with Crippen molar-refractivity contribution in [2.75, 3.05) is 12.3 Å². The Kier molecular flexibility index (Phi) is 5.77. The van der Waals surface area contributed by atoms with Crippen LogP contribution in [0.2, 0.25) is 0 Å². The van der Waals surface area contributed by atoms with Gasteiger partial charge in [-0.15, -0.1) is 0 Å². The lowest BCUT2D eigenvalue weighted by Gasteiger charge is -2.14. The van der Waals surface area contributed by atoms with E-state index >= 15 is 0 Å². The second-order valence-corrected chi connectivity index (χ2v) is 5.27. The van der Waals surface area contributed by atoms with E-state index in [1.54, 1.807) is 0 Å². The summed E-state index contributed by atoms with van der Waals surface area (Å²) in [5.41, 5.74) is 5.55. The number of rotatable bonds is 6. The molecule has 0 aromatic carbocycles. The van der Waals surface area contributed by atoms with Crippen molar-refractivity contribution in [2.45, 2.75) is 26.3 Å². The molecule has 0 radical (unpaired) electrons. The molecule has 15 heavy (non-hydrogen) atoms. The molecule has 6 nitrogen and oxygen atoms in total. The van der Waals surface area contributed by atoms with Crippen LogP contribution in [0.15, 0.2) is 0 Å². The standard InChI is InChI=1S/C8H18N2O4S/c1-6(2)7(9)8(11)10-4-3-5-15(12,13)14/h6-7H,3-5,9H2,1-2H3,(H,10,11)(H,12,13,14). The van der Waals surface area contributed by atoms with Crippen LogP contribution >= 0.6 is 0 Å². The highest BCUT2D eigenvalue weighted by Crippen LogP contribution is 1.97. The van der Waals surface area contributed by atoms with Crippen molar-refractivity contribution < 1.29 is 17.8 Å².